The topological polar surface area (TPSA) is 60.2 Å². The summed E-state index contributed by atoms with van der Waals surface area (Å²) in [5, 5.41) is 9.47. The summed E-state index contributed by atoms with van der Waals surface area (Å²) in [5.41, 5.74) is 2.29. The van der Waals surface area contributed by atoms with Gasteiger partial charge in [0.2, 0.25) is 5.91 Å². The van der Waals surface area contributed by atoms with E-state index < -0.39 is 0 Å². The molecule has 0 atom stereocenters. The molecule has 0 saturated carbocycles. The van der Waals surface area contributed by atoms with Gasteiger partial charge in [-0.05, 0) is 44.2 Å². The Morgan fingerprint density at radius 3 is 2.48 bits per heavy atom. The van der Waals surface area contributed by atoms with Gasteiger partial charge in [0.05, 0.1) is 5.56 Å². The first-order chi connectivity index (χ1) is 11.6. The number of hydrogen-bond acceptors (Lipinski definition) is 4. The number of piperidine rings is 1. The predicted molar refractivity (Wildman–Crippen MR) is 100 cm³/mol. The number of nitrogens with zero attached hydrogens (tertiary/aromatic N) is 4. The molecule has 0 N–H and O–H groups in total. The van der Waals surface area contributed by atoms with Crippen LogP contribution in [-0.2, 0) is 4.79 Å². The molecule has 0 radical (unpaired) electrons. The molecular weight excluding hydrogens is 312 g/mol. The number of anilines is 1. The smallest absolute Gasteiger partial charge is 0.227 e. The quantitative estimate of drug-likeness (QED) is 0.846. The van der Waals surface area contributed by atoms with Crippen molar-refractivity contribution in [3.63, 3.8) is 0 Å². The third-order valence-electron chi connectivity index (χ3n) is 4.87. The normalized spacial score (nSPS) is 15.8. The third kappa shape index (κ3) is 4.50. The van der Waals surface area contributed by atoms with Crippen LogP contribution in [0.2, 0.25) is 0 Å². The lowest BCUT2D eigenvalue weighted by atomic mass is 9.92. The zero-order chi connectivity index (χ0) is 18.8. The van der Waals surface area contributed by atoms with E-state index in [2.05, 4.69) is 16.0 Å². The van der Waals surface area contributed by atoms with Crippen molar-refractivity contribution in [3.05, 3.63) is 22.9 Å². The van der Waals surface area contributed by atoms with Crippen molar-refractivity contribution < 1.29 is 4.79 Å². The van der Waals surface area contributed by atoms with Crippen LogP contribution in [0.3, 0.4) is 0 Å². The second-order valence-corrected chi connectivity index (χ2v) is 8.26. The van der Waals surface area contributed by atoms with Gasteiger partial charge in [-0.3, -0.25) is 4.79 Å². The molecule has 5 heteroatoms. The molecule has 1 amide bonds. The fraction of sp³-hybridized carbons (Fsp3) is 0.650. The lowest BCUT2D eigenvalue weighted by Gasteiger charge is -2.36. The summed E-state index contributed by atoms with van der Waals surface area (Å²) in [6.45, 7) is 12.4. The Kier molecular flexibility index (Phi) is 5.72. The molecular formula is C20H30N4O. The van der Waals surface area contributed by atoms with Gasteiger partial charge in [0.15, 0.2) is 0 Å². The standard InChI is InChI=1S/C20H30N4O/c1-14-11-15(2)22-18(17(14)12-21)24-9-7-16(8-10-24)13-23(6)19(25)20(3,4)5/h11,16H,7-10,13H2,1-6H3. The zero-order valence-electron chi connectivity index (χ0n) is 16.4. The van der Waals surface area contributed by atoms with E-state index in [4.69, 9.17) is 0 Å². The van der Waals surface area contributed by atoms with Gasteiger partial charge in [0.25, 0.3) is 0 Å². The summed E-state index contributed by atoms with van der Waals surface area (Å²) < 4.78 is 0. The van der Waals surface area contributed by atoms with Crippen LogP contribution in [0.25, 0.3) is 0 Å². The number of aromatic nitrogens is 1. The van der Waals surface area contributed by atoms with Gasteiger partial charge < -0.3 is 9.80 Å². The average molecular weight is 342 g/mol. The van der Waals surface area contributed by atoms with Crippen molar-refractivity contribution in [2.45, 2.75) is 47.5 Å². The Balaban J connectivity index is 2.01. The molecule has 136 valence electrons. The van der Waals surface area contributed by atoms with Crippen LogP contribution in [0.5, 0.6) is 0 Å². The highest BCUT2D eigenvalue weighted by Gasteiger charge is 2.29. The highest BCUT2D eigenvalue weighted by Crippen LogP contribution is 2.27. The van der Waals surface area contributed by atoms with Crippen LogP contribution in [0.4, 0.5) is 5.82 Å². The number of nitriles is 1. The number of carbonyl (C=O) groups is 1. The molecule has 25 heavy (non-hydrogen) atoms. The van der Waals surface area contributed by atoms with Gasteiger partial charge in [-0.1, -0.05) is 20.8 Å². The fourth-order valence-electron chi connectivity index (χ4n) is 3.55. The minimum atomic E-state index is -0.333. The Morgan fingerprint density at radius 1 is 1.36 bits per heavy atom. The van der Waals surface area contributed by atoms with Gasteiger partial charge in [-0.15, -0.1) is 0 Å². The van der Waals surface area contributed by atoms with Gasteiger partial charge in [-0.2, -0.15) is 5.26 Å². The fourth-order valence-corrected chi connectivity index (χ4v) is 3.55. The van der Waals surface area contributed by atoms with E-state index in [1.54, 1.807) is 0 Å². The number of carbonyl (C=O) groups excluding carboxylic acids is 1. The first kappa shape index (κ1) is 19.2. The summed E-state index contributed by atoms with van der Waals surface area (Å²) in [6.07, 6.45) is 2.03. The second-order valence-electron chi connectivity index (χ2n) is 8.26. The summed E-state index contributed by atoms with van der Waals surface area (Å²) in [7, 11) is 1.90. The molecule has 1 aromatic heterocycles. The Bertz CT molecular complexity index is 676. The Labute approximate surface area is 151 Å². The van der Waals surface area contributed by atoms with Crippen molar-refractivity contribution in [3.8, 4) is 6.07 Å². The molecule has 1 fully saturated rings. The lowest BCUT2D eigenvalue weighted by molar-refractivity contribution is -0.138. The molecule has 0 bridgehead atoms. The van der Waals surface area contributed by atoms with Gasteiger partial charge >= 0.3 is 0 Å². The highest BCUT2D eigenvalue weighted by molar-refractivity contribution is 5.81. The molecule has 0 spiro atoms. The Morgan fingerprint density at radius 2 is 1.96 bits per heavy atom. The van der Waals surface area contributed by atoms with E-state index in [0.717, 1.165) is 49.6 Å². The van der Waals surface area contributed by atoms with Crippen LogP contribution < -0.4 is 4.90 Å². The average Bonchev–Trinajstić information content (AvgIpc) is 2.53. The van der Waals surface area contributed by atoms with Crippen LogP contribution in [0.1, 0.15) is 50.4 Å². The molecule has 0 unspecified atom stereocenters. The third-order valence-corrected chi connectivity index (χ3v) is 4.87. The van der Waals surface area contributed by atoms with E-state index >= 15 is 0 Å². The largest absolute Gasteiger partial charge is 0.355 e. The maximum absolute atomic E-state index is 12.4. The van der Waals surface area contributed by atoms with Crippen molar-refractivity contribution in [2.75, 3.05) is 31.6 Å². The molecule has 5 nitrogen and oxygen atoms in total. The van der Waals surface area contributed by atoms with Crippen molar-refractivity contribution in [2.24, 2.45) is 11.3 Å². The van der Waals surface area contributed by atoms with Crippen molar-refractivity contribution >= 4 is 11.7 Å². The highest BCUT2D eigenvalue weighted by atomic mass is 16.2. The van der Waals surface area contributed by atoms with Crippen LogP contribution in [0.15, 0.2) is 6.07 Å². The van der Waals surface area contributed by atoms with Gasteiger partial charge in [-0.25, -0.2) is 4.98 Å². The maximum atomic E-state index is 12.4. The summed E-state index contributed by atoms with van der Waals surface area (Å²) in [6, 6.07) is 4.27. The summed E-state index contributed by atoms with van der Waals surface area (Å²) in [5.74, 6) is 1.51. The number of pyridine rings is 1. The molecule has 1 saturated heterocycles. The second kappa shape index (κ2) is 7.43. The first-order valence-corrected chi connectivity index (χ1v) is 9.02. The van der Waals surface area contributed by atoms with E-state index in [-0.39, 0.29) is 11.3 Å². The minimum Gasteiger partial charge on any atom is -0.355 e. The zero-order valence-corrected chi connectivity index (χ0v) is 16.4. The number of aryl methyl sites for hydroxylation is 2. The Hall–Kier alpha value is -2.09. The van der Waals surface area contributed by atoms with Crippen LogP contribution >= 0.6 is 0 Å². The number of rotatable bonds is 3. The van der Waals surface area contributed by atoms with Crippen LogP contribution in [0, 0.1) is 36.5 Å². The van der Waals surface area contributed by atoms with E-state index in [1.165, 1.54) is 0 Å². The van der Waals surface area contributed by atoms with Crippen molar-refractivity contribution in [1.82, 2.24) is 9.88 Å². The predicted octanol–water partition coefficient (Wildman–Crippen LogP) is 3.29. The molecule has 2 rings (SSSR count). The lowest BCUT2D eigenvalue weighted by Crippen LogP contribution is -2.43. The van der Waals surface area contributed by atoms with Gasteiger partial charge in [0.1, 0.15) is 11.9 Å². The summed E-state index contributed by atoms with van der Waals surface area (Å²) in [4.78, 5) is 21.1. The SMILES string of the molecule is Cc1cc(C)c(C#N)c(N2CCC(CN(C)C(=O)C(C)(C)C)CC2)n1. The molecule has 1 aliphatic heterocycles. The first-order valence-electron chi connectivity index (χ1n) is 9.02. The molecule has 0 aromatic carbocycles. The molecule has 1 aromatic rings. The monoisotopic (exact) mass is 342 g/mol. The number of amides is 1. The van der Waals surface area contributed by atoms with E-state index in [0.29, 0.717) is 11.5 Å². The molecule has 2 heterocycles. The maximum Gasteiger partial charge on any atom is 0.227 e. The van der Waals surface area contributed by atoms with Gasteiger partial charge in [0, 0.05) is 37.8 Å². The molecule has 1 aliphatic rings. The van der Waals surface area contributed by atoms with Crippen LogP contribution in [-0.4, -0.2) is 42.5 Å². The van der Waals surface area contributed by atoms with Crippen molar-refractivity contribution in [1.29, 1.82) is 5.26 Å². The minimum absolute atomic E-state index is 0.192. The number of hydrogen-bond donors (Lipinski definition) is 0. The molecule has 0 aliphatic carbocycles. The van der Waals surface area contributed by atoms with E-state index in [1.807, 2.05) is 52.6 Å². The van der Waals surface area contributed by atoms with E-state index in [9.17, 15) is 10.1 Å². The summed E-state index contributed by atoms with van der Waals surface area (Å²) >= 11 is 0.